The van der Waals surface area contributed by atoms with E-state index in [2.05, 4.69) is 4.98 Å². The lowest BCUT2D eigenvalue weighted by atomic mass is 10.2. The number of rotatable bonds is 2. The number of imidazole rings is 1. The topological polar surface area (TPSA) is 43.8 Å². The van der Waals surface area contributed by atoms with Crippen LogP contribution in [0, 0.1) is 13.8 Å². The number of nitrogens with two attached hydrogens (primary N) is 1. The maximum atomic E-state index is 6.00. The van der Waals surface area contributed by atoms with E-state index in [9.17, 15) is 0 Å². The van der Waals surface area contributed by atoms with Gasteiger partial charge < -0.3 is 10.3 Å². The minimum absolute atomic E-state index is 0.452. The molecule has 0 saturated heterocycles. The molecule has 84 valence electrons. The van der Waals surface area contributed by atoms with Crippen molar-refractivity contribution in [3.05, 3.63) is 46.5 Å². The summed E-state index contributed by atoms with van der Waals surface area (Å²) in [6.45, 7) is 4.46. The van der Waals surface area contributed by atoms with Crippen molar-refractivity contribution in [2.75, 3.05) is 0 Å². The van der Waals surface area contributed by atoms with Crippen molar-refractivity contribution in [1.82, 2.24) is 9.55 Å². The lowest BCUT2D eigenvalue weighted by Crippen LogP contribution is -1.98. The fourth-order valence-corrected chi connectivity index (χ4v) is 1.88. The molecule has 0 aliphatic heterocycles. The van der Waals surface area contributed by atoms with E-state index in [0.29, 0.717) is 6.54 Å². The molecule has 0 saturated carbocycles. The molecule has 1 heterocycles. The van der Waals surface area contributed by atoms with E-state index >= 15 is 0 Å². The van der Waals surface area contributed by atoms with Gasteiger partial charge in [0.25, 0.3) is 0 Å². The first-order chi connectivity index (χ1) is 7.61. The summed E-state index contributed by atoms with van der Waals surface area (Å²) < 4.78 is 2.02. The van der Waals surface area contributed by atoms with E-state index in [1.54, 1.807) is 0 Å². The van der Waals surface area contributed by atoms with Crippen LogP contribution in [0.15, 0.2) is 24.4 Å². The fraction of sp³-hybridized carbons (Fsp3) is 0.250. The summed E-state index contributed by atoms with van der Waals surface area (Å²) in [5, 5.41) is 0.725. The summed E-state index contributed by atoms with van der Waals surface area (Å²) >= 11 is 6.00. The molecule has 2 aromatic rings. The van der Waals surface area contributed by atoms with Gasteiger partial charge in [0.2, 0.25) is 0 Å². The zero-order valence-corrected chi connectivity index (χ0v) is 10.1. The zero-order chi connectivity index (χ0) is 11.7. The predicted octanol–water partition coefficient (Wildman–Crippen LogP) is 2.60. The van der Waals surface area contributed by atoms with Crippen molar-refractivity contribution >= 4 is 11.6 Å². The van der Waals surface area contributed by atoms with Crippen molar-refractivity contribution in [3.63, 3.8) is 0 Å². The zero-order valence-electron chi connectivity index (χ0n) is 9.37. The minimum Gasteiger partial charge on any atom is -0.325 e. The summed E-state index contributed by atoms with van der Waals surface area (Å²) in [5.74, 6) is 0.922. The number of nitrogens with zero attached hydrogens (tertiary/aromatic N) is 2. The number of hydrogen-bond acceptors (Lipinski definition) is 2. The largest absolute Gasteiger partial charge is 0.325 e. The third-order valence-corrected chi connectivity index (χ3v) is 2.81. The molecule has 4 heteroatoms. The van der Waals surface area contributed by atoms with E-state index in [1.807, 2.05) is 42.8 Å². The molecule has 0 aliphatic carbocycles. The van der Waals surface area contributed by atoms with Crippen molar-refractivity contribution in [3.8, 4) is 5.69 Å². The van der Waals surface area contributed by atoms with E-state index in [0.717, 1.165) is 27.8 Å². The summed E-state index contributed by atoms with van der Waals surface area (Å²) in [6.07, 6.45) is 1.95. The smallest absolute Gasteiger partial charge is 0.110 e. The Hall–Kier alpha value is -1.32. The van der Waals surface area contributed by atoms with Crippen LogP contribution in [-0.2, 0) is 6.54 Å². The van der Waals surface area contributed by atoms with Crippen LogP contribution in [0.3, 0.4) is 0 Å². The van der Waals surface area contributed by atoms with Crippen LogP contribution in [0.2, 0.25) is 5.02 Å². The molecule has 0 fully saturated rings. The van der Waals surface area contributed by atoms with Gasteiger partial charge in [-0.1, -0.05) is 17.7 Å². The number of aryl methyl sites for hydroxylation is 2. The Morgan fingerprint density at radius 1 is 1.38 bits per heavy atom. The first-order valence-corrected chi connectivity index (χ1v) is 5.51. The maximum Gasteiger partial charge on any atom is 0.110 e. The molecule has 0 spiro atoms. The Morgan fingerprint density at radius 2 is 2.12 bits per heavy atom. The SMILES string of the molecule is Cc1ccc(Cl)cc1-n1cc(CN)nc1C. The van der Waals surface area contributed by atoms with Gasteiger partial charge in [0.05, 0.1) is 11.4 Å². The number of hydrogen-bond donors (Lipinski definition) is 1. The quantitative estimate of drug-likeness (QED) is 0.870. The lowest BCUT2D eigenvalue weighted by molar-refractivity contribution is 0.961. The first-order valence-electron chi connectivity index (χ1n) is 5.13. The van der Waals surface area contributed by atoms with Crippen molar-refractivity contribution in [2.45, 2.75) is 20.4 Å². The van der Waals surface area contributed by atoms with Gasteiger partial charge in [0.1, 0.15) is 5.82 Å². The van der Waals surface area contributed by atoms with Gasteiger partial charge in [-0.15, -0.1) is 0 Å². The first kappa shape index (κ1) is 11.2. The molecule has 3 nitrogen and oxygen atoms in total. The molecule has 1 aromatic carbocycles. The van der Waals surface area contributed by atoms with Gasteiger partial charge in [0, 0.05) is 17.8 Å². The van der Waals surface area contributed by atoms with Gasteiger partial charge >= 0.3 is 0 Å². The summed E-state index contributed by atoms with van der Waals surface area (Å²) in [4.78, 5) is 4.37. The Labute approximate surface area is 99.9 Å². The summed E-state index contributed by atoms with van der Waals surface area (Å²) in [5.41, 5.74) is 8.68. The van der Waals surface area contributed by atoms with E-state index in [-0.39, 0.29) is 0 Å². The van der Waals surface area contributed by atoms with Crippen LogP contribution < -0.4 is 5.73 Å². The normalized spacial score (nSPS) is 10.8. The van der Waals surface area contributed by atoms with Crippen LogP contribution in [0.4, 0.5) is 0 Å². The van der Waals surface area contributed by atoms with Crippen LogP contribution >= 0.6 is 11.6 Å². The van der Waals surface area contributed by atoms with Crippen molar-refractivity contribution in [2.24, 2.45) is 5.73 Å². The van der Waals surface area contributed by atoms with Crippen LogP contribution in [0.5, 0.6) is 0 Å². The summed E-state index contributed by atoms with van der Waals surface area (Å²) in [7, 11) is 0. The Balaban J connectivity index is 2.57. The average Bonchev–Trinajstić information content (AvgIpc) is 2.63. The second-order valence-electron chi connectivity index (χ2n) is 3.78. The van der Waals surface area contributed by atoms with E-state index in [4.69, 9.17) is 17.3 Å². The molecule has 16 heavy (non-hydrogen) atoms. The van der Waals surface area contributed by atoms with Gasteiger partial charge in [-0.05, 0) is 31.5 Å². The van der Waals surface area contributed by atoms with Crippen LogP contribution in [0.1, 0.15) is 17.1 Å². The molecule has 2 N–H and O–H groups in total. The highest BCUT2D eigenvalue weighted by molar-refractivity contribution is 6.30. The maximum absolute atomic E-state index is 6.00. The second-order valence-corrected chi connectivity index (χ2v) is 4.22. The van der Waals surface area contributed by atoms with E-state index < -0.39 is 0 Å². The molecule has 0 aliphatic rings. The van der Waals surface area contributed by atoms with Crippen LogP contribution in [-0.4, -0.2) is 9.55 Å². The highest BCUT2D eigenvalue weighted by Crippen LogP contribution is 2.21. The average molecular weight is 236 g/mol. The van der Waals surface area contributed by atoms with Crippen LogP contribution in [0.25, 0.3) is 5.69 Å². The van der Waals surface area contributed by atoms with Gasteiger partial charge in [-0.2, -0.15) is 0 Å². The molecular weight excluding hydrogens is 222 g/mol. The molecular formula is C12H14ClN3. The van der Waals surface area contributed by atoms with Crippen molar-refractivity contribution < 1.29 is 0 Å². The number of halogens is 1. The molecule has 2 rings (SSSR count). The summed E-state index contributed by atoms with van der Waals surface area (Å²) in [6, 6.07) is 5.82. The molecule has 0 bridgehead atoms. The lowest BCUT2D eigenvalue weighted by Gasteiger charge is -2.08. The third kappa shape index (κ3) is 1.96. The monoisotopic (exact) mass is 235 g/mol. The second kappa shape index (κ2) is 4.28. The molecule has 0 unspecified atom stereocenters. The van der Waals surface area contributed by atoms with E-state index in [1.165, 1.54) is 0 Å². The van der Waals surface area contributed by atoms with Gasteiger partial charge in [-0.25, -0.2) is 4.98 Å². The minimum atomic E-state index is 0.452. The molecule has 0 atom stereocenters. The highest BCUT2D eigenvalue weighted by Gasteiger charge is 2.07. The molecule has 0 amide bonds. The van der Waals surface area contributed by atoms with Gasteiger partial charge in [-0.3, -0.25) is 0 Å². The van der Waals surface area contributed by atoms with Crippen molar-refractivity contribution in [1.29, 1.82) is 0 Å². The predicted molar refractivity (Wildman–Crippen MR) is 65.9 cm³/mol. The third-order valence-electron chi connectivity index (χ3n) is 2.57. The standard InChI is InChI=1S/C12H14ClN3/c1-8-3-4-10(13)5-12(8)16-7-11(6-14)15-9(16)2/h3-5,7H,6,14H2,1-2H3. The number of aromatic nitrogens is 2. The van der Waals surface area contributed by atoms with Gasteiger partial charge in [0.15, 0.2) is 0 Å². The molecule has 1 aromatic heterocycles. The Bertz CT molecular complexity index is 517. The highest BCUT2D eigenvalue weighted by atomic mass is 35.5. The Kier molecular flexibility index (Phi) is 2.99. The Morgan fingerprint density at radius 3 is 2.75 bits per heavy atom. The number of benzene rings is 1. The molecule has 0 radical (unpaired) electrons. The fourth-order valence-electron chi connectivity index (χ4n) is 1.72.